The molecular formula is C13H18N2O. The molecule has 0 atom stereocenters. The molecule has 1 N–H and O–H groups in total. The standard InChI is InChI=1S/C11H12N2O.C2H6/c1-8(12-14)10-7-13(2)11-6-4-3-5-9(10)11;1-2/h3-7,14H,1-2H3;1-2H3/b12-8+;. The fourth-order valence-electron chi connectivity index (χ4n) is 1.68. The van der Waals surface area contributed by atoms with Gasteiger partial charge in [-0.05, 0) is 13.0 Å². The Morgan fingerprint density at radius 3 is 2.50 bits per heavy atom. The summed E-state index contributed by atoms with van der Waals surface area (Å²) < 4.78 is 2.03. The van der Waals surface area contributed by atoms with Crippen LogP contribution in [0.2, 0.25) is 0 Å². The molecule has 2 rings (SSSR count). The van der Waals surface area contributed by atoms with Crippen molar-refractivity contribution in [2.24, 2.45) is 12.2 Å². The number of aromatic nitrogens is 1. The molecule has 1 heterocycles. The first-order chi connectivity index (χ1) is 7.74. The van der Waals surface area contributed by atoms with Crippen LogP contribution in [0.4, 0.5) is 0 Å². The lowest BCUT2D eigenvalue weighted by molar-refractivity contribution is 0.319. The van der Waals surface area contributed by atoms with Crippen LogP contribution in [0.15, 0.2) is 35.6 Å². The minimum Gasteiger partial charge on any atom is -0.411 e. The maximum atomic E-state index is 8.74. The zero-order chi connectivity index (χ0) is 12.1. The van der Waals surface area contributed by atoms with Crippen molar-refractivity contribution in [1.82, 2.24) is 4.57 Å². The van der Waals surface area contributed by atoms with Crippen LogP contribution in [-0.4, -0.2) is 15.5 Å². The second-order valence-electron chi connectivity index (χ2n) is 3.36. The average Bonchev–Trinajstić information content (AvgIpc) is 2.69. The van der Waals surface area contributed by atoms with E-state index in [-0.39, 0.29) is 0 Å². The van der Waals surface area contributed by atoms with Crippen LogP contribution in [0.3, 0.4) is 0 Å². The van der Waals surface area contributed by atoms with E-state index in [0.717, 1.165) is 16.5 Å². The lowest BCUT2D eigenvalue weighted by Gasteiger charge is -1.94. The van der Waals surface area contributed by atoms with E-state index in [9.17, 15) is 0 Å². The Kier molecular flexibility index (Phi) is 4.11. The summed E-state index contributed by atoms with van der Waals surface area (Å²) in [4.78, 5) is 0. The van der Waals surface area contributed by atoms with Crippen LogP contribution in [-0.2, 0) is 7.05 Å². The molecule has 0 unspecified atom stereocenters. The van der Waals surface area contributed by atoms with E-state index >= 15 is 0 Å². The fourth-order valence-corrected chi connectivity index (χ4v) is 1.68. The summed E-state index contributed by atoms with van der Waals surface area (Å²) in [6.45, 7) is 5.79. The van der Waals surface area contributed by atoms with Crippen LogP contribution in [0.5, 0.6) is 0 Å². The normalized spacial score (nSPS) is 11.1. The third kappa shape index (κ3) is 2.08. The van der Waals surface area contributed by atoms with Gasteiger partial charge in [0.25, 0.3) is 0 Å². The highest BCUT2D eigenvalue weighted by atomic mass is 16.4. The molecular weight excluding hydrogens is 200 g/mol. The number of para-hydroxylation sites is 1. The summed E-state index contributed by atoms with van der Waals surface area (Å²) in [7, 11) is 1.98. The molecule has 0 radical (unpaired) electrons. The van der Waals surface area contributed by atoms with Crippen molar-refractivity contribution < 1.29 is 5.21 Å². The van der Waals surface area contributed by atoms with E-state index in [1.807, 2.05) is 55.9 Å². The van der Waals surface area contributed by atoms with Crippen molar-refractivity contribution >= 4 is 16.6 Å². The van der Waals surface area contributed by atoms with Crippen molar-refractivity contribution in [2.75, 3.05) is 0 Å². The molecule has 3 nitrogen and oxygen atoms in total. The average molecular weight is 218 g/mol. The number of hydrogen-bond donors (Lipinski definition) is 1. The van der Waals surface area contributed by atoms with E-state index in [0.29, 0.717) is 5.71 Å². The molecule has 0 aliphatic carbocycles. The maximum absolute atomic E-state index is 8.74. The van der Waals surface area contributed by atoms with E-state index < -0.39 is 0 Å². The predicted octanol–water partition coefficient (Wildman–Crippen LogP) is 3.40. The van der Waals surface area contributed by atoms with E-state index in [1.165, 1.54) is 0 Å². The largest absolute Gasteiger partial charge is 0.411 e. The van der Waals surface area contributed by atoms with Gasteiger partial charge in [0.1, 0.15) is 0 Å². The zero-order valence-electron chi connectivity index (χ0n) is 10.2. The molecule has 1 aromatic heterocycles. The summed E-state index contributed by atoms with van der Waals surface area (Å²) in [5.41, 5.74) is 2.76. The van der Waals surface area contributed by atoms with Gasteiger partial charge in [-0.3, -0.25) is 0 Å². The van der Waals surface area contributed by atoms with Crippen LogP contribution < -0.4 is 0 Å². The number of nitrogens with zero attached hydrogens (tertiary/aromatic N) is 2. The van der Waals surface area contributed by atoms with Gasteiger partial charge < -0.3 is 9.77 Å². The smallest absolute Gasteiger partial charge is 0.0858 e. The predicted molar refractivity (Wildman–Crippen MR) is 68.3 cm³/mol. The van der Waals surface area contributed by atoms with Gasteiger partial charge in [-0.25, -0.2) is 0 Å². The zero-order valence-corrected chi connectivity index (χ0v) is 10.2. The number of fused-ring (bicyclic) bond motifs is 1. The number of aryl methyl sites for hydroxylation is 1. The minimum absolute atomic E-state index is 0.641. The number of benzene rings is 1. The highest BCUT2D eigenvalue weighted by Crippen LogP contribution is 2.20. The molecule has 0 fully saturated rings. The van der Waals surface area contributed by atoms with Crippen LogP contribution >= 0.6 is 0 Å². The highest BCUT2D eigenvalue weighted by molar-refractivity contribution is 6.09. The molecule has 0 amide bonds. The molecule has 16 heavy (non-hydrogen) atoms. The summed E-state index contributed by atoms with van der Waals surface area (Å²) in [5.74, 6) is 0. The minimum atomic E-state index is 0.641. The molecule has 3 heteroatoms. The quantitative estimate of drug-likeness (QED) is 0.444. The van der Waals surface area contributed by atoms with Gasteiger partial charge in [-0.15, -0.1) is 0 Å². The van der Waals surface area contributed by atoms with Crippen LogP contribution in [0.1, 0.15) is 26.3 Å². The Labute approximate surface area is 96.0 Å². The molecule has 0 saturated heterocycles. The first kappa shape index (κ1) is 12.3. The highest BCUT2D eigenvalue weighted by Gasteiger charge is 2.07. The SMILES string of the molecule is C/C(=N\O)c1cn(C)c2ccccc12.CC. The van der Waals surface area contributed by atoms with Gasteiger partial charge in [0.2, 0.25) is 0 Å². The monoisotopic (exact) mass is 218 g/mol. The second-order valence-corrected chi connectivity index (χ2v) is 3.36. The van der Waals surface area contributed by atoms with Crippen molar-refractivity contribution in [3.05, 3.63) is 36.0 Å². The molecule has 2 aromatic rings. The van der Waals surface area contributed by atoms with E-state index in [2.05, 4.69) is 5.16 Å². The van der Waals surface area contributed by atoms with Gasteiger partial charge in [0.05, 0.1) is 5.71 Å². The van der Waals surface area contributed by atoms with Gasteiger partial charge >= 0.3 is 0 Å². The first-order valence-electron chi connectivity index (χ1n) is 5.47. The van der Waals surface area contributed by atoms with Gasteiger partial charge in [-0.2, -0.15) is 0 Å². The Bertz CT molecular complexity index is 498. The summed E-state index contributed by atoms with van der Waals surface area (Å²) in [5, 5.41) is 13.1. The molecule has 1 aromatic carbocycles. The first-order valence-corrected chi connectivity index (χ1v) is 5.47. The van der Waals surface area contributed by atoms with Crippen LogP contribution in [0.25, 0.3) is 10.9 Å². The third-order valence-corrected chi connectivity index (χ3v) is 2.44. The number of hydrogen-bond acceptors (Lipinski definition) is 2. The third-order valence-electron chi connectivity index (χ3n) is 2.44. The molecule has 0 saturated carbocycles. The molecule has 0 aliphatic heterocycles. The summed E-state index contributed by atoms with van der Waals surface area (Å²) >= 11 is 0. The molecule has 0 bridgehead atoms. The van der Waals surface area contributed by atoms with Crippen molar-refractivity contribution in [2.45, 2.75) is 20.8 Å². The Balaban J connectivity index is 0.000000606. The summed E-state index contributed by atoms with van der Waals surface area (Å²) in [6.07, 6.45) is 1.97. The second kappa shape index (κ2) is 5.35. The van der Waals surface area contributed by atoms with E-state index in [1.54, 1.807) is 6.92 Å². The Morgan fingerprint density at radius 1 is 1.25 bits per heavy atom. The van der Waals surface area contributed by atoms with Crippen molar-refractivity contribution in [1.29, 1.82) is 0 Å². The van der Waals surface area contributed by atoms with Gasteiger partial charge in [-0.1, -0.05) is 37.2 Å². The number of oxime groups is 1. The lowest BCUT2D eigenvalue weighted by atomic mass is 10.1. The molecule has 0 aliphatic rings. The molecule has 0 spiro atoms. The summed E-state index contributed by atoms with van der Waals surface area (Å²) in [6, 6.07) is 8.05. The van der Waals surface area contributed by atoms with Gasteiger partial charge in [0.15, 0.2) is 0 Å². The fraction of sp³-hybridized carbons (Fsp3) is 0.308. The molecule has 86 valence electrons. The van der Waals surface area contributed by atoms with Crippen molar-refractivity contribution in [3.8, 4) is 0 Å². The maximum Gasteiger partial charge on any atom is 0.0858 e. The number of rotatable bonds is 1. The van der Waals surface area contributed by atoms with E-state index in [4.69, 9.17) is 5.21 Å². The lowest BCUT2D eigenvalue weighted by Crippen LogP contribution is -1.92. The Hall–Kier alpha value is -1.77. The van der Waals surface area contributed by atoms with Crippen molar-refractivity contribution in [3.63, 3.8) is 0 Å². The van der Waals surface area contributed by atoms with Gasteiger partial charge in [0, 0.05) is 29.7 Å². The Morgan fingerprint density at radius 2 is 1.88 bits per heavy atom. The topological polar surface area (TPSA) is 37.5 Å². The van der Waals surface area contributed by atoms with Crippen LogP contribution in [0, 0.1) is 0 Å².